The van der Waals surface area contributed by atoms with Crippen LogP contribution in [0.15, 0.2) is 30.7 Å². The van der Waals surface area contributed by atoms with Gasteiger partial charge in [0.2, 0.25) is 0 Å². The summed E-state index contributed by atoms with van der Waals surface area (Å²) in [5, 5.41) is 3.18. The molecule has 0 aromatic carbocycles. The van der Waals surface area contributed by atoms with Crippen LogP contribution >= 0.6 is 0 Å². The summed E-state index contributed by atoms with van der Waals surface area (Å²) in [5.74, 6) is 0.868. The highest BCUT2D eigenvalue weighted by Gasteiger charge is 2.01. The third kappa shape index (κ3) is 3.26. The first kappa shape index (κ1) is 12.5. The zero-order chi connectivity index (χ0) is 12.8. The normalized spacial score (nSPS) is 10.3. The Morgan fingerprint density at radius 1 is 1.06 bits per heavy atom. The van der Waals surface area contributed by atoms with Crippen LogP contribution in [-0.4, -0.2) is 21.5 Å². The molecule has 0 radical (unpaired) electrons. The first-order valence-electron chi connectivity index (χ1n) is 6.30. The highest BCUT2D eigenvalue weighted by molar-refractivity contribution is 5.35. The lowest BCUT2D eigenvalue weighted by molar-refractivity contribution is 0.970. The van der Waals surface area contributed by atoms with E-state index in [-0.39, 0.29) is 0 Å². The van der Waals surface area contributed by atoms with Gasteiger partial charge in [-0.05, 0) is 25.0 Å². The van der Waals surface area contributed by atoms with Crippen molar-refractivity contribution >= 4 is 5.82 Å². The minimum absolute atomic E-state index is 0.741. The Hall–Kier alpha value is -1.97. The van der Waals surface area contributed by atoms with Gasteiger partial charge in [-0.25, -0.2) is 9.97 Å². The van der Waals surface area contributed by atoms with E-state index in [0.29, 0.717) is 0 Å². The van der Waals surface area contributed by atoms with E-state index >= 15 is 0 Å². The van der Waals surface area contributed by atoms with Gasteiger partial charge in [0.25, 0.3) is 0 Å². The summed E-state index contributed by atoms with van der Waals surface area (Å²) in [4.78, 5) is 12.9. The van der Waals surface area contributed by atoms with Crippen molar-refractivity contribution in [3.8, 4) is 0 Å². The van der Waals surface area contributed by atoms with Crippen molar-refractivity contribution in [2.75, 3.05) is 11.9 Å². The third-order valence-electron chi connectivity index (χ3n) is 2.74. The molecule has 94 valence electrons. The number of nitrogens with one attached hydrogen (secondary N) is 1. The first-order valence-corrected chi connectivity index (χ1v) is 6.30. The number of pyridine rings is 1. The average molecular weight is 242 g/mol. The fourth-order valence-electron chi connectivity index (χ4n) is 1.73. The Bertz CT molecular complexity index is 493. The number of anilines is 1. The number of hydrogen-bond donors (Lipinski definition) is 1. The van der Waals surface area contributed by atoms with Crippen LogP contribution in [0.25, 0.3) is 0 Å². The van der Waals surface area contributed by atoms with E-state index in [4.69, 9.17) is 0 Å². The van der Waals surface area contributed by atoms with E-state index in [0.717, 1.165) is 36.6 Å². The fourth-order valence-corrected chi connectivity index (χ4v) is 1.73. The molecular formula is C14H18N4. The Labute approximate surface area is 108 Å². The minimum atomic E-state index is 0.741. The molecule has 0 aliphatic heterocycles. The summed E-state index contributed by atoms with van der Waals surface area (Å²) in [6.45, 7) is 5.04. The van der Waals surface area contributed by atoms with Crippen LogP contribution in [0.4, 0.5) is 5.82 Å². The van der Waals surface area contributed by atoms with Gasteiger partial charge in [0.05, 0.1) is 5.69 Å². The number of nitrogens with zero attached hydrogens (tertiary/aromatic N) is 3. The second-order valence-corrected chi connectivity index (χ2v) is 4.11. The van der Waals surface area contributed by atoms with Crippen molar-refractivity contribution in [1.82, 2.24) is 15.0 Å². The summed E-state index contributed by atoms with van der Waals surface area (Å²) in [5.41, 5.74) is 3.28. The maximum atomic E-state index is 4.44. The molecule has 0 aliphatic rings. The monoisotopic (exact) mass is 242 g/mol. The number of aryl methyl sites for hydroxylation is 1. The van der Waals surface area contributed by atoms with E-state index in [1.54, 1.807) is 6.33 Å². The van der Waals surface area contributed by atoms with E-state index < -0.39 is 0 Å². The predicted octanol–water partition coefficient (Wildman–Crippen LogP) is 2.46. The first-order chi connectivity index (χ1) is 8.81. The van der Waals surface area contributed by atoms with Crippen LogP contribution in [0.1, 0.15) is 30.8 Å². The van der Waals surface area contributed by atoms with Gasteiger partial charge < -0.3 is 5.32 Å². The summed E-state index contributed by atoms with van der Waals surface area (Å²) >= 11 is 0. The lowest BCUT2D eigenvalue weighted by Gasteiger charge is -2.05. The number of hydrogen-bond acceptors (Lipinski definition) is 4. The Balaban J connectivity index is 2.09. The molecule has 0 unspecified atom stereocenters. The molecule has 0 atom stereocenters. The molecule has 1 N–H and O–H groups in total. The zero-order valence-electron chi connectivity index (χ0n) is 10.8. The maximum Gasteiger partial charge on any atom is 0.129 e. The minimum Gasteiger partial charge on any atom is -0.370 e. The molecule has 0 aliphatic carbocycles. The Morgan fingerprint density at radius 3 is 2.61 bits per heavy atom. The molecule has 0 saturated carbocycles. The van der Waals surface area contributed by atoms with Crippen molar-refractivity contribution in [2.24, 2.45) is 0 Å². The highest BCUT2D eigenvalue weighted by atomic mass is 15.0. The van der Waals surface area contributed by atoms with Gasteiger partial charge in [-0.3, -0.25) is 4.98 Å². The van der Waals surface area contributed by atoms with Crippen molar-refractivity contribution < 1.29 is 0 Å². The predicted molar refractivity (Wildman–Crippen MR) is 72.6 cm³/mol. The second-order valence-electron chi connectivity index (χ2n) is 4.11. The Kier molecular flexibility index (Phi) is 4.23. The largest absolute Gasteiger partial charge is 0.370 e. The lowest BCUT2D eigenvalue weighted by atomic mass is 10.1. The fraction of sp³-hybridized carbons (Fsp3) is 0.357. The summed E-state index contributed by atoms with van der Waals surface area (Å²) in [7, 11) is 0. The molecule has 4 nitrogen and oxygen atoms in total. The van der Waals surface area contributed by atoms with Crippen LogP contribution in [0.2, 0.25) is 0 Å². The molecule has 0 bridgehead atoms. The average Bonchev–Trinajstić information content (AvgIpc) is 2.40. The van der Waals surface area contributed by atoms with Crippen molar-refractivity contribution in [3.63, 3.8) is 0 Å². The molecule has 2 aromatic heterocycles. The van der Waals surface area contributed by atoms with Crippen LogP contribution in [0.5, 0.6) is 0 Å². The highest BCUT2D eigenvalue weighted by Crippen LogP contribution is 2.09. The molecule has 0 saturated heterocycles. The van der Waals surface area contributed by atoms with E-state index in [1.807, 2.05) is 19.2 Å². The Morgan fingerprint density at radius 2 is 1.94 bits per heavy atom. The van der Waals surface area contributed by atoms with Crippen LogP contribution in [0, 0.1) is 0 Å². The van der Waals surface area contributed by atoms with Crippen molar-refractivity contribution in [2.45, 2.75) is 26.7 Å². The third-order valence-corrected chi connectivity index (χ3v) is 2.74. The van der Waals surface area contributed by atoms with Crippen LogP contribution in [-0.2, 0) is 12.8 Å². The van der Waals surface area contributed by atoms with Gasteiger partial charge in [-0.2, -0.15) is 0 Å². The van der Waals surface area contributed by atoms with Gasteiger partial charge in [0.1, 0.15) is 12.1 Å². The smallest absolute Gasteiger partial charge is 0.129 e. The van der Waals surface area contributed by atoms with Gasteiger partial charge in [0.15, 0.2) is 0 Å². The molecule has 0 spiro atoms. The number of rotatable bonds is 5. The second kappa shape index (κ2) is 6.10. The van der Waals surface area contributed by atoms with Crippen molar-refractivity contribution in [3.05, 3.63) is 47.7 Å². The van der Waals surface area contributed by atoms with Gasteiger partial charge >= 0.3 is 0 Å². The summed E-state index contributed by atoms with van der Waals surface area (Å²) in [6, 6.07) is 6.15. The van der Waals surface area contributed by atoms with Gasteiger partial charge in [-0.15, -0.1) is 0 Å². The van der Waals surface area contributed by atoms with Crippen LogP contribution in [0.3, 0.4) is 0 Å². The molecule has 2 heterocycles. The van der Waals surface area contributed by atoms with E-state index in [2.05, 4.69) is 39.3 Å². The van der Waals surface area contributed by atoms with Gasteiger partial charge in [-0.1, -0.05) is 13.0 Å². The summed E-state index contributed by atoms with van der Waals surface area (Å²) in [6.07, 6.45) is 5.28. The molecule has 0 amide bonds. The summed E-state index contributed by atoms with van der Waals surface area (Å²) < 4.78 is 0. The molecular weight excluding hydrogens is 224 g/mol. The standard InChI is InChI=1S/C14H18N4/c1-3-11-5-6-12(16-9-11)7-13-8-14(15-4-2)18-10-17-13/h5-6,8-10H,3-4,7H2,1-2H3,(H,15,17,18). The SMILES string of the molecule is CCNc1cc(Cc2ccc(CC)cn2)ncn1. The molecule has 4 heteroatoms. The zero-order valence-corrected chi connectivity index (χ0v) is 10.8. The maximum absolute atomic E-state index is 4.44. The van der Waals surface area contributed by atoms with Crippen LogP contribution < -0.4 is 5.32 Å². The molecule has 2 rings (SSSR count). The molecule has 2 aromatic rings. The number of aromatic nitrogens is 3. The van der Waals surface area contributed by atoms with Gasteiger partial charge in [0, 0.05) is 30.9 Å². The lowest BCUT2D eigenvalue weighted by Crippen LogP contribution is -2.02. The molecule has 18 heavy (non-hydrogen) atoms. The van der Waals surface area contributed by atoms with E-state index in [9.17, 15) is 0 Å². The van der Waals surface area contributed by atoms with Crippen molar-refractivity contribution in [1.29, 1.82) is 0 Å². The van der Waals surface area contributed by atoms with E-state index in [1.165, 1.54) is 5.56 Å². The quantitative estimate of drug-likeness (QED) is 0.875. The molecule has 0 fully saturated rings. The topological polar surface area (TPSA) is 50.7 Å².